The molecule has 0 saturated heterocycles. The Balaban J connectivity index is 1.79. The van der Waals surface area contributed by atoms with Gasteiger partial charge in [-0.3, -0.25) is 9.59 Å². The normalized spacial score (nSPS) is 13.8. The molecule has 1 atom stereocenters. The lowest BCUT2D eigenvalue weighted by molar-refractivity contribution is -0.137. The summed E-state index contributed by atoms with van der Waals surface area (Å²) in [6.45, 7) is 0.914. The van der Waals surface area contributed by atoms with Crippen LogP contribution in [0.15, 0.2) is 48.5 Å². The van der Waals surface area contributed by atoms with Gasteiger partial charge in [0.1, 0.15) is 13.2 Å². The predicted octanol–water partition coefficient (Wildman–Crippen LogP) is 2.40. The molecule has 2 aromatic carbocycles. The molecule has 0 radical (unpaired) electrons. The SMILES string of the molecule is O=C(O)C[C@@H](NC(=O)c1ccc2c(c1)OCCO2)c1ccccc1. The summed E-state index contributed by atoms with van der Waals surface area (Å²) in [6.07, 6.45) is -0.194. The molecule has 3 rings (SSSR count). The monoisotopic (exact) mass is 327 g/mol. The predicted molar refractivity (Wildman–Crippen MR) is 86.3 cm³/mol. The van der Waals surface area contributed by atoms with Crippen LogP contribution in [0.5, 0.6) is 11.5 Å². The van der Waals surface area contributed by atoms with E-state index in [1.54, 1.807) is 42.5 Å². The number of nitrogens with one attached hydrogen (secondary N) is 1. The molecule has 0 bridgehead atoms. The van der Waals surface area contributed by atoms with Crippen LogP contribution in [0.2, 0.25) is 0 Å². The Labute approximate surface area is 139 Å². The fourth-order valence-corrected chi connectivity index (χ4v) is 2.54. The van der Waals surface area contributed by atoms with Crippen LogP contribution in [0.1, 0.15) is 28.4 Å². The van der Waals surface area contributed by atoms with E-state index < -0.39 is 12.0 Å². The first-order valence-electron chi connectivity index (χ1n) is 7.61. The zero-order valence-electron chi connectivity index (χ0n) is 12.9. The van der Waals surface area contributed by atoms with Gasteiger partial charge in [-0.1, -0.05) is 30.3 Å². The Morgan fingerprint density at radius 1 is 1.04 bits per heavy atom. The molecule has 2 aromatic rings. The first-order chi connectivity index (χ1) is 11.6. The number of fused-ring (bicyclic) bond motifs is 1. The highest BCUT2D eigenvalue weighted by atomic mass is 16.6. The van der Waals surface area contributed by atoms with Gasteiger partial charge in [0.05, 0.1) is 12.5 Å². The number of amides is 1. The molecule has 0 aromatic heterocycles. The number of hydrogen-bond donors (Lipinski definition) is 2. The number of carbonyl (C=O) groups is 2. The van der Waals surface area contributed by atoms with Crippen LogP contribution in [-0.4, -0.2) is 30.2 Å². The molecule has 0 spiro atoms. The van der Waals surface area contributed by atoms with Crippen molar-refractivity contribution in [1.29, 1.82) is 0 Å². The second kappa shape index (κ2) is 7.04. The summed E-state index contributed by atoms with van der Waals surface area (Å²) < 4.78 is 10.9. The van der Waals surface area contributed by atoms with Crippen LogP contribution < -0.4 is 14.8 Å². The van der Waals surface area contributed by atoms with E-state index in [4.69, 9.17) is 14.6 Å². The van der Waals surface area contributed by atoms with Crippen molar-refractivity contribution in [2.24, 2.45) is 0 Å². The van der Waals surface area contributed by atoms with Crippen LogP contribution >= 0.6 is 0 Å². The maximum absolute atomic E-state index is 12.5. The summed E-state index contributed by atoms with van der Waals surface area (Å²) >= 11 is 0. The number of carbonyl (C=O) groups excluding carboxylic acids is 1. The van der Waals surface area contributed by atoms with Gasteiger partial charge in [-0.05, 0) is 23.8 Å². The minimum absolute atomic E-state index is 0.194. The zero-order chi connectivity index (χ0) is 16.9. The van der Waals surface area contributed by atoms with Gasteiger partial charge in [0, 0.05) is 5.56 Å². The lowest BCUT2D eigenvalue weighted by atomic mass is 10.0. The van der Waals surface area contributed by atoms with Gasteiger partial charge in [-0.25, -0.2) is 0 Å². The van der Waals surface area contributed by atoms with Crippen molar-refractivity contribution < 1.29 is 24.2 Å². The maximum atomic E-state index is 12.5. The van der Waals surface area contributed by atoms with E-state index in [9.17, 15) is 9.59 Å². The second-order valence-electron chi connectivity index (χ2n) is 5.39. The molecule has 6 nitrogen and oxygen atoms in total. The van der Waals surface area contributed by atoms with Gasteiger partial charge in [-0.2, -0.15) is 0 Å². The van der Waals surface area contributed by atoms with Crippen LogP contribution in [-0.2, 0) is 4.79 Å². The molecule has 24 heavy (non-hydrogen) atoms. The minimum atomic E-state index is -0.980. The molecule has 0 aliphatic carbocycles. The zero-order valence-corrected chi connectivity index (χ0v) is 12.9. The van der Waals surface area contributed by atoms with Gasteiger partial charge < -0.3 is 19.9 Å². The molecular formula is C18H17NO5. The smallest absolute Gasteiger partial charge is 0.305 e. The third-order valence-electron chi connectivity index (χ3n) is 3.69. The number of carboxylic acid groups (broad SMARTS) is 1. The van der Waals surface area contributed by atoms with Crippen molar-refractivity contribution in [2.75, 3.05) is 13.2 Å². The molecule has 6 heteroatoms. The Kier molecular flexibility index (Phi) is 4.65. The van der Waals surface area contributed by atoms with Crippen molar-refractivity contribution in [3.8, 4) is 11.5 Å². The van der Waals surface area contributed by atoms with Crippen LogP contribution in [0, 0.1) is 0 Å². The third kappa shape index (κ3) is 3.65. The Bertz CT molecular complexity index is 744. The van der Waals surface area contributed by atoms with E-state index in [1.165, 1.54) is 0 Å². The van der Waals surface area contributed by atoms with Crippen molar-refractivity contribution in [3.63, 3.8) is 0 Å². The molecule has 2 N–H and O–H groups in total. The molecule has 1 aliphatic rings. The van der Waals surface area contributed by atoms with E-state index >= 15 is 0 Å². The lowest BCUT2D eigenvalue weighted by Gasteiger charge is -2.20. The largest absolute Gasteiger partial charge is 0.486 e. The first-order valence-corrected chi connectivity index (χ1v) is 7.61. The van der Waals surface area contributed by atoms with Crippen molar-refractivity contribution >= 4 is 11.9 Å². The van der Waals surface area contributed by atoms with E-state index in [1.807, 2.05) is 6.07 Å². The summed E-state index contributed by atoms with van der Waals surface area (Å²) in [7, 11) is 0. The van der Waals surface area contributed by atoms with E-state index in [0.29, 0.717) is 30.3 Å². The summed E-state index contributed by atoms with van der Waals surface area (Å²) in [4.78, 5) is 23.6. The Morgan fingerprint density at radius 2 is 1.75 bits per heavy atom. The number of benzene rings is 2. The van der Waals surface area contributed by atoms with E-state index in [0.717, 1.165) is 5.56 Å². The lowest BCUT2D eigenvalue weighted by Crippen LogP contribution is -2.30. The molecule has 1 amide bonds. The van der Waals surface area contributed by atoms with Gasteiger partial charge in [0.15, 0.2) is 11.5 Å². The van der Waals surface area contributed by atoms with Gasteiger partial charge in [-0.15, -0.1) is 0 Å². The number of carboxylic acids is 1. The number of hydrogen-bond acceptors (Lipinski definition) is 4. The van der Waals surface area contributed by atoms with Gasteiger partial charge in [0.25, 0.3) is 5.91 Å². The highest BCUT2D eigenvalue weighted by Crippen LogP contribution is 2.31. The van der Waals surface area contributed by atoms with E-state index in [2.05, 4.69) is 5.32 Å². The van der Waals surface area contributed by atoms with Crippen molar-refractivity contribution in [3.05, 3.63) is 59.7 Å². The van der Waals surface area contributed by atoms with Gasteiger partial charge in [0.2, 0.25) is 0 Å². The standard InChI is InChI=1S/C18H17NO5/c20-17(21)11-14(12-4-2-1-3-5-12)19-18(22)13-6-7-15-16(10-13)24-9-8-23-15/h1-7,10,14H,8-9,11H2,(H,19,22)(H,20,21)/t14-/m1/s1. The quantitative estimate of drug-likeness (QED) is 0.881. The molecule has 124 valence electrons. The van der Waals surface area contributed by atoms with Crippen LogP contribution in [0.3, 0.4) is 0 Å². The molecular weight excluding hydrogens is 310 g/mol. The summed E-state index contributed by atoms with van der Waals surface area (Å²) in [6, 6.07) is 13.3. The number of ether oxygens (including phenoxy) is 2. The fourth-order valence-electron chi connectivity index (χ4n) is 2.54. The molecule has 0 fully saturated rings. The number of rotatable bonds is 5. The van der Waals surface area contributed by atoms with Crippen molar-refractivity contribution in [2.45, 2.75) is 12.5 Å². The topological polar surface area (TPSA) is 84.9 Å². The highest BCUT2D eigenvalue weighted by Gasteiger charge is 2.20. The average molecular weight is 327 g/mol. The van der Waals surface area contributed by atoms with Crippen LogP contribution in [0.4, 0.5) is 0 Å². The first kappa shape index (κ1) is 15.9. The minimum Gasteiger partial charge on any atom is -0.486 e. The summed E-state index contributed by atoms with van der Waals surface area (Å²) in [5.74, 6) is -0.222. The highest BCUT2D eigenvalue weighted by molar-refractivity contribution is 5.95. The Morgan fingerprint density at radius 3 is 2.46 bits per heavy atom. The fraction of sp³-hybridized carbons (Fsp3) is 0.222. The summed E-state index contributed by atoms with van der Waals surface area (Å²) in [5, 5.41) is 11.9. The average Bonchev–Trinajstić information content (AvgIpc) is 2.61. The molecule has 1 heterocycles. The van der Waals surface area contributed by atoms with E-state index in [-0.39, 0.29) is 12.3 Å². The molecule has 0 unspecified atom stereocenters. The molecule has 1 aliphatic heterocycles. The maximum Gasteiger partial charge on any atom is 0.305 e. The van der Waals surface area contributed by atoms with Crippen LogP contribution in [0.25, 0.3) is 0 Å². The number of aliphatic carboxylic acids is 1. The summed E-state index contributed by atoms with van der Waals surface area (Å²) in [5.41, 5.74) is 1.14. The van der Waals surface area contributed by atoms with Crippen molar-refractivity contribution in [1.82, 2.24) is 5.32 Å². The second-order valence-corrected chi connectivity index (χ2v) is 5.39. The Hall–Kier alpha value is -3.02. The van der Waals surface area contributed by atoms with Gasteiger partial charge >= 0.3 is 5.97 Å². The third-order valence-corrected chi connectivity index (χ3v) is 3.69. The molecule has 0 saturated carbocycles.